The Balaban J connectivity index is 2.75. The molecule has 0 aromatic carbocycles. The van der Waals surface area contributed by atoms with Crippen molar-refractivity contribution >= 4 is 32.8 Å². The Morgan fingerprint density at radius 1 is 1.58 bits per heavy atom. The van der Waals surface area contributed by atoms with Crippen LogP contribution in [0.15, 0.2) is 16.7 Å². The Kier molecular flexibility index (Phi) is 1.73. The SMILES string of the molecule is CNc1n[nH]c2ncc(Br)cc12. The summed E-state index contributed by atoms with van der Waals surface area (Å²) in [5.41, 5.74) is 0.794. The van der Waals surface area contributed by atoms with Gasteiger partial charge in [-0.3, -0.25) is 5.10 Å². The number of rotatable bonds is 1. The van der Waals surface area contributed by atoms with Crippen molar-refractivity contribution in [2.24, 2.45) is 0 Å². The molecule has 0 saturated heterocycles. The molecule has 0 radical (unpaired) electrons. The number of aromatic nitrogens is 3. The van der Waals surface area contributed by atoms with Gasteiger partial charge < -0.3 is 5.32 Å². The standard InChI is InChI=1S/C7H7BrN4/c1-9-6-5-2-4(8)3-10-7(5)12-11-6/h2-3H,1H3,(H2,9,10,11,12). The summed E-state index contributed by atoms with van der Waals surface area (Å²) < 4.78 is 0.952. The van der Waals surface area contributed by atoms with Crippen molar-refractivity contribution in [3.05, 3.63) is 16.7 Å². The maximum atomic E-state index is 4.14. The predicted molar refractivity (Wildman–Crippen MR) is 51.1 cm³/mol. The van der Waals surface area contributed by atoms with Crippen LogP contribution in [-0.4, -0.2) is 22.2 Å². The number of aromatic amines is 1. The molecule has 2 aromatic rings. The molecular weight excluding hydrogens is 220 g/mol. The number of halogens is 1. The van der Waals surface area contributed by atoms with Crippen molar-refractivity contribution in [1.82, 2.24) is 15.2 Å². The van der Waals surface area contributed by atoms with Gasteiger partial charge in [0.15, 0.2) is 11.5 Å². The molecule has 0 atom stereocenters. The Morgan fingerprint density at radius 3 is 3.17 bits per heavy atom. The van der Waals surface area contributed by atoms with Gasteiger partial charge in [-0.25, -0.2) is 4.98 Å². The van der Waals surface area contributed by atoms with Crippen molar-refractivity contribution in [2.75, 3.05) is 12.4 Å². The summed E-state index contributed by atoms with van der Waals surface area (Å²) >= 11 is 3.35. The van der Waals surface area contributed by atoms with Gasteiger partial charge in [0.05, 0.1) is 5.39 Å². The minimum absolute atomic E-state index is 0.794. The van der Waals surface area contributed by atoms with E-state index < -0.39 is 0 Å². The maximum Gasteiger partial charge on any atom is 0.157 e. The molecule has 2 aromatic heterocycles. The zero-order chi connectivity index (χ0) is 8.55. The van der Waals surface area contributed by atoms with Crippen LogP contribution in [0.3, 0.4) is 0 Å². The molecule has 0 unspecified atom stereocenters. The maximum absolute atomic E-state index is 4.14. The summed E-state index contributed by atoms with van der Waals surface area (Å²) in [7, 11) is 1.83. The van der Waals surface area contributed by atoms with E-state index in [1.54, 1.807) is 6.20 Å². The number of H-pyrrole nitrogens is 1. The van der Waals surface area contributed by atoms with E-state index in [1.807, 2.05) is 13.1 Å². The molecule has 0 aliphatic carbocycles. The smallest absolute Gasteiger partial charge is 0.157 e. The summed E-state index contributed by atoms with van der Waals surface area (Å²) in [6.45, 7) is 0. The molecule has 2 heterocycles. The highest BCUT2D eigenvalue weighted by atomic mass is 79.9. The van der Waals surface area contributed by atoms with E-state index in [4.69, 9.17) is 0 Å². The van der Waals surface area contributed by atoms with Gasteiger partial charge >= 0.3 is 0 Å². The third-order valence-electron chi connectivity index (χ3n) is 1.62. The molecule has 0 aliphatic heterocycles. The lowest BCUT2D eigenvalue weighted by Crippen LogP contribution is -1.87. The summed E-state index contributed by atoms with van der Waals surface area (Å²) in [5.74, 6) is 0.818. The second kappa shape index (κ2) is 2.75. The summed E-state index contributed by atoms with van der Waals surface area (Å²) in [6.07, 6.45) is 1.74. The van der Waals surface area contributed by atoms with Crippen LogP contribution in [0.25, 0.3) is 11.0 Å². The molecule has 0 amide bonds. The van der Waals surface area contributed by atoms with Crippen LogP contribution in [0.5, 0.6) is 0 Å². The van der Waals surface area contributed by atoms with Crippen LogP contribution in [0, 0.1) is 0 Å². The van der Waals surface area contributed by atoms with Gasteiger partial charge in [-0.2, -0.15) is 5.10 Å². The van der Waals surface area contributed by atoms with Crippen molar-refractivity contribution in [3.8, 4) is 0 Å². The molecule has 5 heteroatoms. The number of pyridine rings is 1. The van der Waals surface area contributed by atoms with E-state index in [1.165, 1.54) is 0 Å². The third kappa shape index (κ3) is 1.06. The van der Waals surface area contributed by atoms with Crippen molar-refractivity contribution < 1.29 is 0 Å². The lowest BCUT2D eigenvalue weighted by molar-refractivity contribution is 1.09. The Bertz CT molecular complexity index is 409. The van der Waals surface area contributed by atoms with E-state index in [9.17, 15) is 0 Å². The monoisotopic (exact) mass is 226 g/mol. The van der Waals surface area contributed by atoms with Gasteiger partial charge in [0.1, 0.15) is 0 Å². The van der Waals surface area contributed by atoms with Crippen LogP contribution in [0.1, 0.15) is 0 Å². The fraction of sp³-hybridized carbons (Fsp3) is 0.143. The van der Waals surface area contributed by atoms with E-state index >= 15 is 0 Å². The van der Waals surface area contributed by atoms with Gasteiger partial charge in [-0.1, -0.05) is 0 Å². The average Bonchev–Trinajstić information content (AvgIpc) is 2.46. The van der Waals surface area contributed by atoms with E-state index in [0.29, 0.717) is 0 Å². The van der Waals surface area contributed by atoms with Gasteiger partial charge in [0, 0.05) is 17.7 Å². The normalized spacial score (nSPS) is 10.5. The largest absolute Gasteiger partial charge is 0.371 e. The van der Waals surface area contributed by atoms with Gasteiger partial charge in [-0.15, -0.1) is 0 Å². The van der Waals surface area contributed by atoms with E-state index in [2.05, 4.69) is 36.4 Å². The first-order chi connectivity index (χ1) is 5.81. The molecule has 62 valence electrons. The summed E-state index contributed by atoms with van der Waals surface area (Å²) in [5, 5.41) is 10.8. The van der Waals surface area contributed by atoms with E-state index in [-0.39, 0.29) is 0 Å². The first kappa shape index (κ1) is 7.54. The lowest BCUT2D eigenvalue weighted by atomic mass is 10.3. The minimum atomic E-state index is 0.794. The van der Waals surface area contributed by atoms with Crippen molar-refractivity contribution in [2.45, 2.75) is 0 Å². The van der Waals surface area contributed by atoms with Crippen LogP contribution >= 0.6 is 15.9 Å². The topological polar surface area (TPSA) is 53.6 Å². The lowest BCUT2D eigenvalue weighted by Gasteiger charge is -1.93. The molecule has 2 rings (SSSR count). The number of hydrogen-bond acceptors (Lipinski definition) is 3. The Morgan fingerprint density at radius 2 is 2.42 bits per heavy atom. The Labute approximate surface area is 77.5 Å². The molecule has 12 heavy (non-hydrogen) atoms. The highest BCUT2D eigenvalue weighted by Gasteiger charge is 2.03. The zero-order valence-electron chi connectivity index (χ0n) is 6.43. The molecule has 0 fully saturated rings. The van der Waals surface area contributed by atoms with Crippen LogP contribution < -0.4 is 5.32 Å². The molecular formula is C7H7BrN4. The predicted octanol–water partition coefficient (Wildman–Crippen LogP) is 1.76. The van der Waals surface area contributed by atoms with Crippen LogP contribution in [0.2, 0.25) is 0 Å². The Hall–Kier alpha value is -1.10. The van der Waals surface area contributed by atoms with E-state index in [0.717, 1.165) is 21.3 Å². The van der Waals surface area contributed by atoms with Crippen molar-refractivity contribution in [3.63, 3.8) is 0 Å². The number of anilines is 1. The molecule has 0 bridgehead atoms. The fourth-order valence-corrected chi connectivity index (χ4v) is 1.40. The number of nitrogens with one attached hydrogen (secondary N) is 2. The van der Waals surface area contributed by atoms with Crippen LogP contribution in [-0.2, 0) is 0 Å². The fourth-order valence-electron chi connectivity index (χ4n) is 1.07. The zero-order valence-corrected chi connectivity index (χ0v) is 8.01. The van der Waals surface area contributed by atoms with Gasteiger partial charge in [-0.05, 0) is 22.0 Å². The molecule has 4 nitrogen and oxygen atoms in total. The second-order valence-corrected chi connectivity index (χ2v) is 3.29. The van der Waals surface area contributed by atoms with Gasteiger partial charge in [0.2, 0.25) is 0 Å². The first-order valence-electron chi connectivity index (χ1n) is 3.48. The van der Waals surface area contributed by atoms with Gasteiger partial charge in [0.25, 0.3) is 0 Å². The average molecular weight is 227 g/mol. The molecule has 0 saturated carbocycles. The number of hydrogen-bond donors (Lipinski definition) is 2. The van der Waals surface area contributed by atoms with Crippen LogP contribution in [0.4, 0.5) is 5.82 Å². The molecule has 2 N–H and O–H groups in total. The second-order valence-electron chi connectivity index (χ2n) is 2.37. The number of nitrogens with zero attached hydrogens (tertiary/aromatic N) is 2. The summed E-state index contributed by atoms with van der Waals surface area (Å²) in [4.78, 5) is 4.14. The highest BCUT2D eigenvalue weighted by Crippen LogP contribution is 2.21. The highest BCUT2D eigenvalue weighted by molar-refractivity contribution is 9.10. The minimum Gasteiger partial charge on any atom is -0.371 e. The third-order valence-corrected chi connectivity index (χ3v) is 2.05. The first-order valence-corrected chi connectivity index (χ1v) is 4.28. The quantitative estimate of drug-likeness (QED) is 0.780. The molecule has 0 aliphatic rings. The number of fused-ring (bicyclic) bond motifs is 1. The summed E-state index contributed by atoms with van der Waals surface area (Å²) in [6, 6.07) is 1.97. The molecule has 0 spiro atoms. The van der Waals surface area contributed by atoms with Crippen molar-refractivity contribution in [1.29, 1.82) is 0 Å².